The second kappa shape index (κ2) is 11.3. The van der Waals surface area contributed by atoms with Crippen molar-refractivity contribution in [3.8, 4) is 17.6 Å². The Bertz CT molecular complexity index is 1540. The normalized spacial score (nSPS) is 12.1. The highest BCUT2D eigenvalue weighted by molar-refractivity contribution is 7.93. The summed E-state index contributed by atoms with van der Waals surface area (Å²) in [6.07, 6.45) is 4.23. The van der Waals surface area contributed by atoms with Crippen LogP contribution in [0.5, 0.6) is 5.75 Å². The average molecular weight is 504 g/mol. The maximum absolute atomic E-state index is 13.4. The molecule has 1 heterocycles. The van der Waals surface area contributed by atoms with Crippen LogP contribution in [0.3, 0.4) is 0 Å². The Morgan fingerprint density at radius 2 is 1.92 bits per heavy atom. The summed E-state index contributed by atoms with van der Waals surface area (Å²) in [5.74, 6) is 5.16. The molecule has 0 radical (unpaired) electrons. The molecular weight excluding hydrogens is 478 g/mol. The Morgan fingerprint density at radius 3 is 2.61 bits per heavy atom. The number of sulfonamides is 1. The van der Waals surface area contributed by atoms with Gasteiger partial charge in [0.25, 0.3) is 10.0 Å². The van der Waals surface area contributed by atoms with Crippen molar-refractivity contribution in [1.29, 1.82) is 0 Å². The van der Waals surface area contributed by atoms with E-state index in [1.165, 1.54) is 24.4 Å². The molecule has 0 atom stereocenters. The molecule has 3 rings (SSSR count). The number of aromatic nitrogens is 1. The van der Waals surface area contributed by atoms with E-state index < -0.39 is 16.0 Å². The molecule has 0 aliphatic rings. The molecule has 184 valence electrons. The minimum atomic E-state index is -4.03. The molecule has 36 heavy (non-hydrogen) atoms. The molecule has 0 amide bonds. The molecule has 0 saturated heterocycles. The third-order valence-electron chi connectivity index (χ3n) is 4.79. The molecule has 2 aromatic carbocycles. The number of fused-ring (bicyclic) bond motifs is 1. The second-order valence-electron chi connectivity index (χ2n) is 7.89. The molecule has 0 saturated carbocycles. The first-order valence-corrected chi connectivity index (χ1v) is 12.4. The molecule has 0 unspecified atom stereocenters. The van der Waals surface area contributed by atoms with Crippen molar-refractivity contribution in [3.05, 3.63) is 83.7 Å². The lowest BCUT2D eigenvalue weighted by Gasteiger charge is -2.15. The van der Waals surface area contributed by atoms with Gasteiger partial charge >= 0.3 is 5.97 Å². The SMILES string of the molecule is C=N/C(=C\C=C(/C)C#Cc1ccccc1NS(=O)(=O)c1ccc(OC(C)C)c2cccnc12)C(=O)O. The predicted octanol–water partition coefficient (Wildman–Crippen LogP) is 4.79. The van der Waals surface area contributed by atoms with Gasteiger partial charge in [-0.05, 0) is 81.6 Å². The number of hydrogen-bond donors (Lipinski definition) is 2. The Hall–Kier alpha value is -4.42. The van der Waals surface area contributed by atoms with Crippen LogP contribution in [0.15, 0.2) is 88.0 Å². The van der Waals surface area contributed by atoms with Gasteiger partial charge in [-0.3, -0.25) is 14.7 Å². The predicted molar refractivity (Wildman–Crippen MR) is 141 cm³/mol. The Morgan fingerprint density at radius 1 is 1.17 bits per heavy atom. The van der Waals surface area contributed by atoms with E-state index in [1.54, 1.807) is 49.4 Å². The number of carbonyl (C=O) groups is 1. The van der Waals surface area contributed by atoms with Gasteiger partial charge < -0.3 is 9.84 Å². The van der Waals surface area contributed by atoms with Crippen LogP contribution in [0.1, 0.15) is 26.3 Å². The van der Waals surface area contributed by atoms with Gasteiger partial charge in [0.05, 0.1) is 17.3 Å². The molecule has 2 N–H and O–H groups in total. The zero-order valence-electron chi connectivity index (χ0n) is 20.0. The van der Waals surface area contributed by atoms with Crippen LogP contribution >= 0.6 is 0 Å². The molecule has 3 aromatic rings. The van der Waals surface area contributed by atoms with Crippen LogP contribution in [-0.4, -0.2) is 37.3 Å². The Balaban J connectivity index is 1.97. The fraction of sp³-hybridized carbons (Fsp3) is 0.148. The van der Waals surface area contributed by atoms with Crippen LogP contribution in [0.4, 0.5) is 5.69 Å². The lowest BCUT2D eigenvalue weighted by Crippen LogP contribution is -2.15. The number of ether oxygens (including phenoxy) is 1. The highest BCUT2D eigenvalue weighted by atomic mass is 32.2. The molecule has 0 spiro atoms. The summed E-state index contributed by atoms with van der Waals surface area (Å²) in [7, 11) is -4.03. The number of benzene rings is 2. The minimum Gasteiger partial charge on any atom is -0.490 e. The average Bonchev–Trinajstić information content (AvgIpc) is 2.83. The first-order chi connectivity index (χ1) is 17.1. The number of carboxylic acids is 1. The van der Waals surface area contributed by atoms with E-state index in [4.69, 9.17) is 9.84 Å². The number of aliphatic imine (C=N–C) groups is 1. The number of allylic oxidation sites excluding steroid dienone is 3. The first-order valence-electron chi connectivity index (χ1n) is 10.9. The maximum atomic E-state index is 13.4. The van der Waals surface area contributed by atoms with Crippen molar-refractivity contribution in [3.63, 3.8) is 0 Å². The van der Waals surface area contributed by atoms with Crippen molar-refractivity contribution < 1.29 is 23.1 Å². The standard InChI is InChI=1S/C27H25N3O5S/c1-18(2)35-24-15-16-25(26-21(24)9-7-17-29-26)36(33,34)30-22-10-6-5-8-20(22)13-11-19(3)12-14-23(28-4)27(31)32/h5-10,12,14-18,30H,4H2,1-3H3,(H,31,32)/b19-12+,23-14-. The third-order valence-corrected chi connectivity index (χ3v) is 6.19. The summed E-state index contributed by atoms with van der Waals surface area (Å²) < 4.78 is 35.2. The van der Waals surface area contributed by atoms with E-state index in [0.29, 0.717) is 33.5 Å². The number of aliphatic carboxylic acids is 1. The van der Waals surface area contributed by atoms with Crippen molar-refractivity contribution in [2.75, 3.05) is 4.72 Å². The van der Waals surface area contributed by atoms with Crippen LogP contribution in [0, 0.1) is 11.8 Å². The van der Waals surface area contributed by atoms with Gasteiger partial charge in [-0.25, -0.2) is 13.2 Å². The highest BCUT2D eigenvalue weighted by Gasteiger charge is 2.21. The zero-order chi connectivity index (χ0) is 26.3. The van der Waals surface area contributed by atoms with Gasteiger partial charge in [-0.15, -0.1) is 0 Å². The molecule has 8 nitrogen and oxygen atoms in total. The number of pyridine rings is 1. The molecule has 0 aliphatic carbocycles. The summed E-state index contributed by atoms with van der Waals surface area (Å²) in [4.78, 5) is 18.8. The van der Waals surface area contributed by atoms with Gasteiger partial charge in [-0.2, -0.15) is 0 Å². The molecule has 9 heteroatoms. The zero-order valence-corrected chi connectivity index (χ0v) is 20.8. The molecule has 0 bridgehead atoms. The van der Waals surface area contributed by atoms with E-state index in [2.05, 4.69) is 33.3 Å². The van der Waals surface area contributed by atoms with Crippen LogP contribution < -0.4 is 9.46 Å². The number of para-hydroxylation sites is 1. The van der Waals surface area contributed by atoms with Gasteiger partial charge in [-0.1, -0.05) is 24.0 Å². The number of nitrogens with zero attached hydrogens (tertiary/aromatic N) is 2. The summed E-state index contributed by atoms with van der Waals surface area (Å²) in [6.45, 7) is 8.69. The van der Waals surface area contributed by atoms with Crippen LogP contribution in [0.25, 0.3) is 10.9 Å². The van der Waals surface area contributed by atoms with Crippen molar-refractivity contribution in [1.82, 2.24) is 4.98 Å². The quantitative estimate of drug-likeness (QED) is 0.198. The van der Waals surface area contributed by atoms with E-state index in [-0.39, 0.29) is 16.7 Å². The number of carboxylic acid groups (broad SMARTS) is 1. The topological polar surface area (TPSA) is 118 Å². The molecule has 1 aromatic heterocycles. The number of nitrogens with one attached hydrogen (secondary N) is 1. The smallest absolute Gasteiger partial charge is 0.354 e. The maximum Gasteiger partial charge on any atom is 0.354 e. The highest BCUT2D eigenvalue weighted by Crippen LogP contribution is 2.31. The largest absolute Gasteiger partial charge is 0.490 e. The van der Waals surface area contributed by atoms with E-state index in [9.17, 15) is 13.2 Å². The lowest BCUT2D eigenvalue weighted by atomic mass is 10.1. The van der Waals surface area contributed by atoms with Crippen LogP contribution in [-0.2, 0) is 14.8 Å². The van der Waals surface area contributed by atoms with Gasteiger partial charge in [0.15, 0.2) is 0 Å². The van der Waals surface area contributed by atoms with Crippen molar-refractivity contribution >= 4 is 39.3 Å². The summed E-state index contributed by atoms with van der Waals surface area (Å²) in [6, 6.07) is 13.3. The Kier molecular flexibility index (Phi) is 8.25. The summed E-state index contributed by atoms with van der Waals surface area (Å²) in [5, 5.41) is 9.60. The fourth-order valence-corrected chi connectivity index (χ4v) is 4.42. The van der Waals surface area contributed by atoms with Crippen molar-refractivity contribution in [2.45, 2.75) is 31.8 Å². The van der Waals surface area contributed by atoms with Gasteiger partial charge in [0.2, 0.25) is 0 Å². The summed E-state index contributed by atoms with van der Waals surface area (Å²) in [5.41, 5.74) is 1.36. The van der Waals surface area contributed by atoms with Gasteiger partial charge in [0, 0.05) is 17.1 Å². The summed E-state index contributed by atoms with van der Waals surface area (Å²) >= 11 is 0. The van der Waals surface area contributed by atoms with E-state index in [0.717, 1.165) is 0 Å². The Labute approximate surface area is 210 Å². The van der Waals surface area contributed by atoms with Gasteiger partial charge in [0.1, 0.15) is 16.3 Å². The third kappa shape index (κ3) is 6.37. The van der Waals surface area contributed by atoms with E-state index >= 15 is 0 Å². The van der Waals surface area contributed by atoms with E-state index in [1.807, 2.05) is 13.8 Å². The molecule has 0 aliphatic heterocycles. The first kappa shape index (κ1) is 26.2. The van der Waals surface area contributed by atoms with Crippen molar-refractivity contribution in [2.24, 2.45) is 4.99 Å². The molecule has 0 fully saturated rings. The minimum absolute atomic E-state index is 0.0105. The fourth-order valence-electron chi connectivity index (χ4n) is 3.18. The lowest BCUT2D eigenvalue weighted by molar-refractivity contribution is -0.132. The molecular formula is C27H25N3O5S. The number of anilines is 1. The number of rotatable bonds is 8. The number of hydrogen-bond acceptors (Lipinski definition) is 6. The monoisotopic (exact) mass is 503 g/mol. The van der Waals surface area contributed by atoms with Crippen LogP contribution in [0.2, 0.25) is 0 Å². The second-order valence-corrected chi connectivity index (χ2v) is 9.54.